The molecule has 0 amide bonds. The first-order valence-corrected chi connectivity index (χ1v) is 8.01. The zero-order chi connectivity index (χ0) is 14.5. The minimum absolute atomic E-state index is 0.122. The molecule has 2 aromatic carbocycles. The standard InChI is InChI=1S/C20H18O2/c1-3-7-13(8-4-1)19-17-15-11-12-16(21-15)18(17)20(22-19)14-9-5-2-6-10-14/h1-12,15-20H/t15-,16+,17-,18+,19-,20-/m0/s1. The molecule has 22 heavy (non-hydrogen) atoms. The van der Waals surface area contributed by atoms with Crippen LogP contribution in [0.1, 0.15) is 23.3 Å². The Hall–Kier alpha value is -1.90. The summed E-state index contributed by atoms with van der Waals surface area (Å²) >= 11 is 0. The first kappa shape index (κ1) is 12.6. The average molecular weight is 290 g/mol. The minimum atomic E-state index is 0.122. The Bertz CT molecular complexity index is 635. The van der Waals surface area contributed by atoms with E-state index in [1.807, 2.05) is 0 Å². The Morgan fingerprint density at radius 1 is 0.545 bits per heavy atom. The monoisotopic (exact) mass is 290 g/mol. The summed E-state index contributed by atoms with van der Waals surface area (Å²) in [5, 5.41) is 0. The van der Waals surface area contributed by atoms with E-state index in [0.717, 1.165) is 0 Å². The second kappa shape index (κ2) is 4.80. The second-order valence-corrected chi connectivity index (χ2v) is 6.40. The van der Waals surface area contributed by atoms with Gasteiger partial charge in [-0.25, -0.2) is 0 Å². The van der Waals surface area contributed by atoms with Crippen molar-refractivity contribution in [2.75, 3.05) is 0 Å². The maximum atomic E-state index is 6.56. The van der Waals surface area contributed by atoms with E-state index in [0.29, 0.717) is 11.8 Å². The Balaban J connectivity index is 1.57. The smallest absolute Gasteiger partial charge is 0.0894 e. The first-order valence-electron chi connectivity index (χ1n) is 8.01. The average Bonchev–Trinajstić information content (AvgIpc) is 3.29. The van der Waals surface area contributed by atoms with Gasteiger partial charge in [0, 0.05) is 11.8 Å². The molecule has 2 fully saturated rings. The molecule has 0 aromatic heterocycles. The number of fused-ring (bicyclic) bond motifs is 5. The van der Waals surface area contributed by atoms with Gasteiger partial charge in [-0.15, -0.1) is 0 Å². The predicted octanol–water partition coefficient (Wildman–Crippen LogP) is 4.07. The van der Waals surface area contributed by atoms with E-state index in [9.17, 15) is 0 Å². The summed E-state index contributed by atoms with van der Waals surface area (Å²) in [6, 6.07) is 21.2. The molecule has 0 unspecified atom stereocenters. The van der Waals surface area contributed by atoms with E-state index in [1.165, 1.54) is 11.1 Å². The molecule has 2 nitrogen and oxygen atoms in total. The molecule has 3 aliphatic rings. The highest BCUT2D eigenvalue weighted by Gasteiger charge is 2.58. The van der Waals surface area contributed by atoms with Crippen LogP contribution in [0.15, 0.2) is 72.8 Å². The molecule has 0 N–H and O–H groups in total. The number of hydrogen-bond donors (Lipinski definition) is 0. The first-order chi connectivity index (χ1) is 10.9. The Kier molecular flexibility index (Phi) is 2.76. The number of benzene rings is 2. The highest BCUT2D eigenvalue weighted by Crippen LogP contribution is 2.58. The lowest BCUT2D eigenvalue weighted by atomic mass is 9.76. The molecule has 2 bridgehead atoms. The molecule has 5 rings (SSSR count). The normalized spacial score (nSPS) is 38.4. The van der Waals surface area contributed by atoms with Crippen LogP contribution in [0.5, 0.6) is 0 Å². The van der Waals surface area contributed by atoms with E-state index in [2.05, 4.69) is 72.8 Å². The van der Waals surface area contributed by atoms with Crippen molar-refractivity contribution in [3.63, 3.8) is 0 Å². The third-order valence-corrected chi connectivity index (χ3v) is 5.26. The van der Waals surface area contributed by atoms with Crippen molar-refractivity contribution in [3.05, 3.63) is 83.9 Å². The van der Waals surface area contributed by atoms with Gasteiger partial charge in [-0.05, 0) is 11.1 Å². The Morgan fingerprint density at radius 2 is 1.00 bits per heavy atom. The van der Waals surface area contributed by atoms with Gasteiger partial charge in [0.25, 0.3) is 0 Å². The summed E-state index contributed by atoms with van der Waals surface area (Å²) < 4.78 is 12.7. The van der Waals surface area contributed by atoms with E-state index in [-0.39, 0.29) is 24.4 Å². The van der Waals surface area contributed by atoms with E-state index >= 15 is 0 Å². The minimum Gasteiger partial charge on any atom is -0.366 e. The topological polar surface area (TPSA) is 18.5 Å². The molecule has 2 aromatic rings. The van der Waals surface area contributed by atoms with Crippen LogP contribution in [0, 0.1) is 11.8 Å². The van der Waals surface area contributed by atoms with Gasteiger partial charge in [0.2, 0.25) is 0 Å². The van der Waals surface area contributed by atoms with E-state index < -0.39 is 0 Å². The summed E-state index contributed by atoms with van der Waals surface area (Å²) in [5.41, 5.74) is 2.53. The Labute approximate surface area is 130 Å². The molecule has 110 valence electrons. The molecule has 0 saturated carbocycles. The lowest BCUT2D eigenvalue weighted by molar-refractivity contribution is -0.0240. The van der Waals surface area contributed by atoms with Gasteiger partial charge in [-0.2, -0.15) is 0 Å². The van der Waals surface area contributed by atoms with Crippen molar-refractivity contribution >= 4 is 0 Å². The number of rotatable bonds is 2. The number of hydrogen-bond acceptors (Lipinski definition) is 2. The van der Waals surface area contributed by atoms with Crippen LogP contribution in [-0.2, 0) is 9.47 Å². The zero-order valence-corrected chi connectivity index (χ0v) is 12.2. The fourth-order valence-corrected chi connectivity index (χ4v) is 4.34. The maximum Gasteiger partial charge on any atom is 0.0894 e. The molecule has 2 saturated heterocycles. The summed E-state index contributed by atoms with van der Waals surface area (Å²) in [4.78, 5) is 0. The molecular formula is C20H18O2. The molecule has 6 atom stereocenters. The summed E-state index contributed by atoms with van der Waals surface area (Å²) in [6.07, 6.45) is 5.09. The predicted molar refractivity (Wildman–Crippen MR) is 84.2 cm³/mol. The molecule has 3 aliphatic heterocycles. The largest absolute Gasteiger partial charge is 0.366 e. The van der Waals surface area contributed by atoms with Gasteiger partial charge in [0.05, 0.1) is 24.4 Å². The quantitative estimate of drug-likeness (QED) is 0.776. The van der Waals surface area contributed by atoms with Crippen molar-refractivity contribution in [1.29, 1.82) is 0 Å². The molecule has 0 spiro atoms. The van der Waals surface area contributed by atoms with Crippen LogP contribution in [-0.4, -0.2) is 12.2 Å². The van der Waals surface area contributed by atoms with Gasteiger partial charge in [0.1, 0.15) is 0 Å². The van der Waals surface area contributed by atoms with Gasteiger partial charge >= 0.3 is 0 Å². The van der Waals surface area contributed by atoms with Gasteiger partial charge in [0.15, 0.2) is 0 Å². The SMILES string of the molecule is C1=C[C@H]2O[C@@H]1[C@H]1[C@@H]2[C@H](c2ccccc2)O[C@H]1c1ccccc1. The van der Waals surface area contributed by atoms with E-state index in [4.69, 9.17) is 9.47 Å². The molecular weight excluding hydrogens is 272 g/mol. The van der Waals surface area contributed by atoms with Crippen LogP contribution in [0.3, 0.4) is 0 Å². The highest BCUT2D eigenvalue weighted by molar-refractivity contribution is 5.30. The number of ether oxygens (including phenoxy) is 2. The van der Waals surface area contributed by atoms with Crippen molar-refractivity contribution < 1.29 is 9.47 Å². The lowest BCUT2D eigenvalue weighted by Crippen LogP contribution is -2.25. The highest BCUT2D eigenvalue weighted by atomic mass is 16.5. The summed E-state index contributed by atoms with van der Waals surface area (Å²) in [6.45, 7) is 0. The van der Waals surface area contributed by atoms with Crippen molar-refractivity contribution in [3.8, 4) is 0 Å². The third kappa shape index (κ3) is 1.74. The molecule has 0 radical (unpaired) electrons. The second-order valence-electron chi connectivity index (χ2n) is 6.40. The lowest BCUT2D eigenvalue weighted by Gasteiger charge is -2.22. The fraction of sp³-hybridized carbons (Fsp3) is 0.300. The van der Waals surface area contributed by atoms with Crippen LogP contribution in [0.2, 0.25) is 0 Å². The van der Waals surface area contributed by atoms with Crippen molar-refractivity contribution in [1.82, 2.24) is 0 Å². The van der Waals surface area contributed by atoms with Crippen LogP contribution in [0.4, 0.5) is 0 Å². The van der Waals surface area contributed by atoms with Crippen LogP contribution >= 0.6 is 0 Å². The van der Waals surface area contributed by atoms with E-state index in [1.54, 1.807) is 0 Å². The summed E-state index contributed by atoms with van der Waals surface area (Å²) in [7, 11) is 0. The van der Waals surface area contributed by atoms with Gasteiger partial charge in [-0.1, -0.05) is 72.8 Å². The third-order valence-electron chi connectivity index (χ3n) is 5.26. The van der Waals surface area contributed by atoms with Gasteiger partial charge < -0.3 is 9.47 Å². The van der Waals surface area contributed by atoms with Crippen molar-refractivity contribution in [2.24, 2.45) is 11.8 Å². The van der Waals surface area contributed by atoms with Crippen LogP contribution < -0.4 is 0 Å². The molecule has 2 heteroatoms. The summed E-state index contributed by atoms with van der Waals surface area (Å²) in [5.74, 6) is 0.838. The van der Waals surface area contributed by atoms with Gasteiger partial charge in [-0.3, -0.25) is 0 Å². The molecule has 0 aliphatic carbocycles. The zero-order valence-electron chi connectivity index (χ0n) is 12.2. The Morgan fingerprint density at radius 3 is 1.45 bits per heavy atom. The van der Waals surface area contributed by atoms with Crippen LogP contribution in [0.25, 0.3) is 0 Å². The maximum absolute atomic E-state index is 6.56. The van der Waals surface area contributed by atoms with Crippen molar-refractivity contribution in [2.45, 2.75) is 24.4 Å². The molecule has 3 heterocycles. The fourth-order valence-electron chi connectivity index (χ4n) is 4.34.